The Balaban J connectivity index is 1.82. The minimum absolute atomic E-state index is 0.149. The predicted molar refractivity (Wildman–Crippen MR) is 101 cm³/mol. The summed E-state index contributed by atoms with van der Waals surface area (Å²) in [7, 11) is 1.31. The van der Waals surface area contributed by atoms with E-state index in [9.17, 15) is 14.4 Å². The molecule has 1 fully saturated rings. The first-order valence-electron chi connectivity index (χ1n) is 8.94. The molecule has 0 aromatic carbocycles. The number of aromatic amines is 1. The molecule has 0 aliphatic carbocycles. The van der Waals surface area contributed by atoms with Crippen LogP contribution < -0.4 is 5.56 Å². The van der Waals surface area contributed by atoms with Crippen LogP contribution in [0, 0.1) is 12.8 Å². The second-order valence-corrected chi connectivity index (χ2v) is 7.57. The Morgan fingerprint density at radius 3 is 2.89 bits per heavy atom. The summed E-state index contributed by atoms with van der Waals surface area (Å²) in [6, 6.07) is 0. The first-order valence-corrected chi connectivity index (χ1v) is 9.75. The minimum Gasteiger partial charge on any atom is -0.466 e. The number of fused-ring (bicyclic) bond motifs is 1. The average molecular weight is 393 g/mol. The third-order valence-corrected chi connectivity index (χ3v) is 5.88. The van der Waals surface area contributed by atoms with Gasteiger partial charge in [0, 0.05) is 6.54 Å². The fourth-order valence-corrected chi connectivity index (χ4v) is 4.53. The minimum atomic E-state index is -0.468. The van der Waals surface area contributed by atoms with E-state index in [1.165, 1.54) is 7.11 Å². The maximum atomic E-state index is 12.5. The molecule has 0 saturated carbocycles. The van der Waals surface area contributed by atoms with Crippen molar-refractivity contribution in [2.45, 2.75) is 33.2 Å². The van der Waals surface area contributed by atoms with Crippen LogP contribution in [-0.2, 0) is 20.8 Å². The summed E-state index contributed by atoms with van der Waals surface area (Å²) in [6.45, 7) is 5.74. The Bertz CT molecular complexity index is 920. The van der Waals surface area contributed by atoms with E-state index >= 15 is 0 Å². The number of carbonyl (C=O) groups excluding carboxylic acids is 2. The second-order valence-electron chi connectivity index (χ2n) is 6.57. The van der Waals surface area contributed by atoms with Crippen LogP contribution in [0.5, 0.6) is 0 Å². The van der Waals surface area contributed by atoms with Crippen LogP contribution in [0.1, 0.15) is 40.8 Å². The standard InChI is InChI=1S/C18H23N3O5S/c1-4-26-17(23)11-6-5-7-21(8-11)9-12-19-15(22)13-10(2)14(18(24)25-3)27-16(13)20-12/h11H,4-9H2,1-3H3,(H,19,20,22)/t11-/m0/s1. The number of nitrogens with one attached hydrogen (secondary N) is 1. The molecule has 27 heavy (non-hydrogen) atoms. The molecule has 1 atom stereocenters. The molecule has 0 amide bonds. The molecule has 0 bridgehead atoms. The van der Waals surface area contributed by atoms with Gasteiger partial charge in [0.1, 0.15) is 15.5 Å². The van der Waals surface area contributed by atoms with E-state index in [1.807, 2.05) is 0 Å². The number of esters is 2. The second kappa shape index (κ2) is 8.18. The molecule has 1 N–H and O–H groups in total. The van der Waals surface area contributed by atoms with Crippen molar-refractivity contribution in [3.63, 3.8) is 0 Å². The summed E-state index contributed by atoms with van der Waals surface area (Å²) >= 11 is 1.16. The lowest BCUT2D eigenvalue weighted by Crippen LogP contribution is -2.39. The zero-order chi connectivity index (χ0) is 19.6. The highest BCUT2D eigenvalue weighted by molar-refractivity contribution is 7.20. The molecule has 2 aromatic rings. The number of likely N-dealkylation sites (tertiary alicyclic amines) is 1. The summed E-state index contributed by atoms with van der Waals surface area (Å²) in [5.41, 5.74) is 0.320. The van der Waals surface area contributed by atoms with Gasteiger partial charge in [0.05, 0.1) is 31.6 Å². The largest absolute Gasteiger partial charge is 0.466 e. The number of aromatic nitrogens is 2. The summed E-state index contributed by atoms with van der Waals surface area (Å²) < 4.78 is 9.90. The summed E-state index contributed by atoms with van der Waals surface area (Å²) in [4.78, 5) is 46.7. The average Bonchev–Trinajstić information content (AvgIpc) is 2.98. The number of hydrogen-bond donors (Lipinski definition) is 1. The molecule has 2 aromatic heterocycles. The Labute approximate surface area is 160 Å². The highest BCUT2D eigenvalue weighted by Crippen LogP contribution is 2.28. The first kappa shape index (κ1) is 19.5. The van der Waals surface area contributed by atoms with Crippen molar-refractivity contribution in [1.82, 2.24) is 14.9 Å². The normalized spacial score (nSPS) is 17.8. The van der Waals surface area contributed by atoms with Crippen molar-refractivity contribution in [2.75, 3.05) is 26.8 Å². The smallest absolute Gasteiger partial charge is 0.348 e. The van der Waals surface area contributed by atoms with Crippen molar-refractivity contribution in [3.05, 3.63) is 26.6 Å². The van der Waals surface area contributed by atoms with Crippen LogP contribution in [-0.4, -0.2) is 53.6 Å². The predicted octanol–water partition coefficient (Wildman–Crippen LogP) is 1.85. The molecule has 9 heteroatoms. The van der Waals surface area contributed by atoms with Crippen molar-refractivity contribution in [3.8, 4) is 0 Å². The lowest BCUT2D eigenvalue weighted by Gasteiger charge is -2.30. The van der Waals surface area contributed by atoms with Crippen LogP contribution in [0.25, 0.3) is 10.2 Å². The number of nitrogens with zero attached hydrogens (tertiary/aromatic N) is 2. The number of rotatable bonds is 5. The Morgan fingerprint density at radius 2 is 2.19 bits per heavy atom. The van der Waals surface area contributed by atoms with Crippen molar-refractivity contribution < 1.29 is 19.1 Å². The third-order valence-electron chi connectivity index (χ3n) is 4.72. The van der Waals surface area contributed by atoms with E-state index in [0.717, 1.165) is 30.7 Å². The maximum Gasteiger partial charge on any atom is 0.348 e. The number of hydrogen-bond acceptors (Lipinski definition) is 8. The highest BCUT2D eigenvalue weighted by Gasteiger charge is 2.27. The van der Waals surface area contributed by atoms with E-state index in [-0.39, 0.29) is 17.4 Å². The first-order chi connectivity index (χ1) is 12.9. The molecule has 0 radical (unpaired) electrons. The maximum absolute atomic E-state index is 12.5. The molecule has 0 spiro atoms. The number of H-pyrrole nitrogens is 1. The van der Waals surface area contributed by atoms with Gasteiger partial charge in [0.25, 0.3) is 5.56 Å². The van der Waals surface area contributed by atoms with Gasteiger partial charge in [0.2, 0.25) is 0 Å². The van der Waals surface area contributed by atoms with Crippen molar-refractivity contribution >= 4 is 33.5 Å². The molecular weight excluding hydrogens is 370 g/mol. The molecule has 3 heterocycles. The number of aryl methyl sites for hydroxylation is 1. The zero-order valence-corrected chi connectivity index (χ0v) is 16.5. The topological polar surface area (TPSA) is 102 Å². The summed E-state index contributed by atoms with van der Waals surface area (Å²) in [5.74, 6) is -0.265. The van der Waals surface area contributed by atoms with Gasteiger partial charge in [-0.3, -0.25) is 14.5 Å². The molecular formula is C18H23N3O5S. The van der Waals surface area contributed by atoms with Gasteiger partial charge in [-0.15, -0.1) is 11.3 Å². The van der Waals surface area contributed by atoms with Gasteiger partial charge in [0.15, 0.2) is 0 Å². The molecule has 1 aliphatic rings. The van der Waals surface area contributed by atoms with E-state index in [0.29, 0.717) is 46.2 Å². The van der Waals surface area contributed by atoms with Crippen LogP contribution in [0.3, 0.4) is 0 Å². The molecule has 1 saturated heterocycles. The third kappa shape index (κ3) is 4.03. The van der Waals surface area contributed by atoms with Crippen LogP contribution in [0.15, 0.2) is 4.79 Å². The molecule has 1 aliphatic heterocycles. The lowest BCUT2D eigenvalue weighted by atomic mass is 9.98. The SMILES string of the molecule is CCOC(=O)[C@H]1CCCN(Cc2nc3sc(C(=O)OC)c(C)c3c(=O)[nH]2)C1. The number of ether oxygens (including phenoxy) is 2. The fourth-order valence-electron chi connectivity index (χ4n) is 3.41. The number of piperidine rings is 1. The molecule has 3 rings (SSSR count). The number of carbonyl (C=O) groups is 2. The molecule has 0 unspecified atom stereocenters. The fraction of sp³-hybridized carbons (Fsp3) is 0.556. The summed E-state index contributed by atoms with van der Waals surface area (Å²) in [6.07, 6.45) is 1.70. The van der Waals surface area contributed by atoms with Gasteiger partial charge in [-0.25, -0.2) is 9.78 Å². The Morgan fingerprint density at radius 1 is 1.41 bits per heavy atom. The van der Waals surface area contributed by atoms with Gasteiger partial charge in [-0.2, -0.15) is 0 Å². The van der Waals surface area contributed by atoms with Gasteiger partial charge in [-0.05, 0) is 38.8 Å². The van der Waals surface area contributed by atoms with Gasteiger partial charge in [-0.1, -0.05) is 0 Å². The Hall–Kier alpha value is -2.26. The monoisotopic (exact) mass is 393 g/mol. The van der Waals surface area contributed by atoms with Crippen molar-refractivity contribution in [1.29, 1.82) is 0 Å². The van der Waals surface area contributed by atoms with Crippen LogP contribution in [0.2, 0.25) is 0 Å². The number of thiophene rings is 1. The van der Waals surface area contributed by atoms with Gasteiger partial charge >= 0.3 is 11.9 Å². The van der Waals surface area contributed by atoms with E-state index in [4.69, 9.17) is 9.47 Å². The number of methoxy groups -OCH3 is 1. The van der Waals surface area contributed by atoms with Crippen LogP contribution in [0.4, 0.5) is 0 Å². The zero-order valence-electron chi connectivity index (χ0n) is 15.7. The molecule has 146 valence electrons. The van der Waals surface area contributed by atoms with E-state index in [2.05, 4.69) is 14.9 Å². The van der Waals surface area contributed by atoms with Crippen LogP contribution >= 0.6 is 11.3 Å². The summed E-state index contributed by atoms with van der Waals surface area (Å²) in [5, 5.41) is 0.423. The Kier molecular flexibility index (Phi) is 5.91. The quantitative estimate of drug-likeness (QED) is 0.774. The van der Waals surface area contributed by atoms with E-state index in [1.54, 1.807) is 13.8 Å². The highest BCUT2D eigenvalue weighted by atomic mass is 32.1. The lowest BCUT2D eigenvalue weighted by molar-refractivity contribution is -0.150. The van der Waals surface area contributed by atoms with Gasteiger partial charge < -0.3 is 14.5 Å². The van der Waals surface area contributed by atoms with E-state index < -0.39 is 5.97 Å². The van der Waals surface area contributed by atoms with Crippen molar-refractivity contribution in [2.24, 2.45) is 5.92 Å². The molecule has 8 nitrogen and oxygen atoms in total.